The maximum Gasteiger partial charge on any atom is 0.0403 e. The molecule has 110 valence electrons. The predicted octanol–water partition coefficient (Wildman–Crippen LogP) is 5.10. The molecular weight excluding hydrogens is 254 g/mol. The standard InChI is InChI=1S/C20H25N/c1-14-11-16(3)18(12-15(14)2)13-21-20-10-6-8-17-7-4-5-9-19(17)20/h6,8,10-12,21H,4-5,7,9,13H2,1-3H3. The highest BCUT2D eigenvalue weighted by Crippen LogP contribution is 2.28. The van der Waals surface area contributed by atoms with Crippen molar-refractivity contribution < 1.29 is 0 Å². The predicted molar refractivity (Wildman–Crippen MR) is 91.1 cm³/mol. The van der Waals surface area contributed by atoms with E-state index in [1.165, 1.54) is 53.6 Å². The van der Waals surface area contributed by atoms with E-state index in [0.29, 0.717) is 0 Å². The van der Waals surface area contributed by atoms with Crippen LogP contribution in [0.15, 0.2) is 30.3 Å². The van der Waals surface area contributed by atoms with Crippen molar-refractivity contribution in [2.75, 3.05) is 5.32 Å². The Morgan fingerprint density at radius 1 is 0.905 bits per heavy atom. The first-order valence-corrected chi connectivity index (χ1v) is 8.06. The molecule has 0 aliphatic heterocycles. The van der Waals surface area contributed by atoms with Gasteiger partial charge in [0.05, 0.1) is 0 Å². The summed E-state index contributed by atoms with van der Waals surface area (Å²) < 4.78 is 0. The first-order valence-electron chi connectivity index (χ1n) is 8.06. The molecule has 1 nitrogen and oxygen atoms in total. The van der Waals surface area contributed by atoms with Gasteiger partial charge in [-0.05, 0) is 85.9 Å². The Bertz CT molecular complexity index is 655. The van der Waals surface area contributed by atoms with Crippen molar-refractivity contribution in [1.82, 2.24) is 0 Å². The van der Waals surface area contributed by atoms with Crippen molar-refractivity contribution in [3.63, 3.8) is 0 Å². The minimum absolute atomic E-state index is 0.920. The summed E-state index contributed by atoms with van der Waals surface area (Å²) in [6.07, 6.45) is 5.14. The van der Waals surface area contributed by atoms with Crippen LogP contribution in [0.25, 0.3) is 0 Å². The van der Waals surface area contributed by atoms with Crippen LogP contribution >= 0.6 is 0 Å². The van der Waals surface area contributed by atoms with Crippen LogP contribution in [0.5, 0.6) is 0 Å². The maximum atomic E-state index is 3.68. The number of nitrogens with one attached hydrogen (secondary N) is 1. The molecule has 1 aliphatic rings. The molecule has 0 aromatic heterocycles. The zero-order valence-corrected chi connectivity index (χ0v) is 13.4. The molecule has 0 unspecified atom stereocenters. The molecule has 3 rings (SSSR count). The summed E-state index contributed by atoms with van der Waals surface area (Å²) in [7, 11) is 0. The van der Waals surface area contributed by atoms with Gasteiger partial charge in [0, 0.05) is 12.2 Å². The van der Waals surface area contributed by atoms with Gasteiger partial charge < -0.3 is 5.32 Å². The summed E-state index contributed by atoms with van der Waals surface area (Å²) >= 11 is 0. The van der Waals surface area contributed by atoms with E-state index in [-0.39, 0.29) is 0 Å². The largest absolute Gasteiger partial charge is 0.381 e. The average Bonchev–Trinajstić information content (AvgIpc) is 2.49. The third-order valence-corrected chi connectivity index (χ3v) is 4.82. The first kappa shape index (κ1) is 14.2. The van der Waals surface area contributed by atoms with E-state index in [1.54, 1.807) is 11.1 Å². The Labute approximate surface area is 128 Å². The normalized spacial score (nSPS) is 13.9. The zero-order chi connectivity index (χ0) is 14.8. The van der Waals surface area contributed by atoms with Crippen LogP contribution in [0.1, 0.15) is 46.2 Å². The Morgan fingerprint density at radius 2 is 1.67 bits per heavy atom. The van der Waals surface area contributed by atoms with Crippen LogP contribution in [-0.2, 0) is 19.4 Å². The van der Waals surface area contributed by atoms with Gasteiger partial charge in [0.15, 0.2) is 0 Å². The molecule has 2 aromatic carbocycles. The number of benzene rings is 2. The van der Waals surface area contributed by atoms with Crippen molar-refractivity contribution >= 4 is 5.69 Å². The van der Waals surface area contributed by atoms with Gasteiger partial charge in [0.25, 0.3) is 0 Å². The zero-order valence-electron chi connectivity index (χ0n) is 13.4. The highest BCUT2D eigenvalue weighted by atomic mass is 14.9. The minimum Gasteiger partial charge on any atom is -0.381 e. The first-order chi connectivity index (χ1) is 10.1. The van der Waals surface area contributed by atoms with E-state index in [2.05, 4.69) is 56.4 Å². The number of anilines is 1. The van der Waals surface area contributed by atoms with Gasteiger partial charge in [0.1, 0.15) is 0 Å². The maximum absolute atomic E-state index is 3.68. The number of hydrogen-bond acceptors (Lipinski definition) is 1. The van der Waals surface area contributed by atoms with Crippen molar-refractivity contribution in [3.8, 4) is 0 Å². The number of fused-ring (bicyclic) bond motifs is 1. The van der Waals surface area contributed by atoms with E-state index < -0.39 is 0 Å². The second kappa shape index (κ2) is 5.93. The summed E-state index contributed by atoms with van der Waals surface area (Å²) in [4.78, 5) is 0. The molecule has 0 atom stereocenters. The lowest BCUT2D eigenvalue weighted by molar-refractivity contribution is 0.686. The van der Waals surface area contributed by atoms with Crippen molar-refractivity contribution in [1.29, 1.82) is 0 Å². The van der Waals surface area contributed by atoms with E-state index in [4.69, 9.17) is 0 Å². The summed E-state index contributed by atoms with van der Waals surface area (Å²) in [5, 5.41) is 3.68. The Morgan fingerprint density at radius 3 is 2.52 bits per heavy atom. The van der Waals surface area contributed by atoms with Gasteiger partial charge in [-0.3, -0.25) is 0 Å². The molecular formula is C20H25N. The summed E-state index contributed by atoms with van der Waals surface area (Å²) in [6.45, 7) is 7.52. The molecule has 21 heavy (non-hydrogen) atoms. The van der Waals surface area contributed by atoms with Gasteiger partial charge in [-0.2, -0.15) is 0 Å². The topological polar surface area (TPSA) is 12.0 Å². The van der Waals surface area contributed by atoms with Crippen molar-refractivity contribution in [2.24, 2.45) is 0 Å². The quantitative estimate of drug-likeness (QED) is 0.824. The lowest BCUT2D eigenvalue weighted by Crippen LogP contribution is -2.09. The molecule has 0 saturated heterocycles. The van der Waals surface area contributed by atoms with E-state index in [0.717, 1.165) is 6.54 Å². The van der Waals surface area contributed by atoms with E-state index in [9.17, 15) is 0 Å². The van der Waals surface area contributed by atoms with Crippen molar-refractivity contribution in [2.45, 2.75) is 53.0 Å². The monoisotopic (exact) mass is 279 g/mol. The molecule has 1 heteroatoms. The molecule has 0 spiro atoms. The summed E-state index contributed by atoms with van der Waals surface area (Å²) in [5.74, 6) is 0. The third-order valence-electron chi connectivity index (χ3n) is 4.82. The smallest absolute Gasteiger partial charge is 0.0403 e. The highest BCUT2D eigenvalue weighted by molar-refractivity contribution is 5.56. The van der Waals surface area contributed by atoms with Gasteiger partial charge in [-0.15, -0.1) is 0 Å². The second-order valence-corrected chi connectivity index (χ2v) is 6.37. The fourth-order valence-corrected chi connectivity index (χ4v) is 3.35. The van der Waals surface area contributed by atoms with E-state index >= 15 is 0 Å². The molecule has 0 bridgehead atoms. The van der Waals surface area contributed by atoms with Gasteiger partial charge in [-0.1, -0.05) is 24.3 Å². The number of aryl methyl sites for hydroxylation is 4. The molecule has 0 heterocycles. The molecule has 0 fully saturated rings. The van der Waals surface area contributed by atoms with Crippen LogP contribution < -0.4 is 5.32 Å². The Kier molecular flexibility index (Phi) is 4.01. The second-order valence-electron chi connectivity index (χ2n) is 6.37. The lowest BCUT2D eigenvalue weighted by Gasteiger charge is -2.20. The fraction of sp³-hybridized carbons (Fsp3) is 0.400. The molecule has 0 saturated carbocycles. The third kappa shape index (κ3) is 2.97. The van der Waals surface area contributed by atoms with E-state index in [1.807, 2.05) is 0 Å². The minimum atomic E-state index is 0.920. The lowest BCUT2D eigenvalue weighted by atomic mass is 9.90. The molecule has 0 radical (unpaired) electrons. The highest BCUT2D eigenvalue weighted by Gasteiger charge is 2.12. The number of rotatable bonds is 3. The van der Waals surface area contributed by atoms with Gasteiger partial charge in [-0.25, -0.2) is 0 Å². The van der Waals surface area contributed by atoms with Crippen LogP contribution in [0, 0.1) is 20.8 Å². The fourth-order valence-electron chi connectivity index (χ4n) is 3.35. The van der Waals surface area contributed by atoms with Crippen LogP contribution in [0.4, 0.5) is 5.69 Å². The molecule has 1 aliphatic carbocycles. The van der Waals surface area contributed by atoms with Gasteiger partial charge >= 0.3 is 0 Å². The Balaban J connectivity index is 1.81. The van der Waals surface area contributed by atoms with Crippen LogP contribution in [0.3, 0.4) is 0 Å². The summed E-state index contributed by atoms with van der Waals surface area (Å²) in [5.41, 5.74) is 9.99. The molecule has 0 amide bonds. The Hall–Kier alpha value is -1.76. The molecule has 2 aromatic rings. The van der Waals surface area contributed by atoms with Crippen LogP contribution in [0.2, 0.25) is 0 Å². The van der Waals surface area contributed by atoms with Crippen LogP contribution in [-0.4, -0.2) is 0 Å². The SMILES string of the molecule is Cc1cc(C)c(CNc2cccc3c2CCCC3)cc1C. The average molecular weight is 279 g/mol. The number of hydrogen-bond donors (Lipinski definition) is 1. The molecule has 1 N–H and O–H groups in total. The van der Waals surface area contributed by atoms with Gasteiger partial charge in [0.2, 0.25) is 0 Å². The van der Waals surface area contributed by atoms with Crippen molar-refractivity contribution in [3.05, 3.63) is 63.7 Å². The summed E-state index contributed by atoms with van der Waals surface area (Å²) in [6, 6.07) is 11.3.